The molecule has 2 aliphatic carbocycles. The fourth-order valence-electron chi connectivity index (χ4n) is 5.93. The van der Waals surface area contributed by atoms with Crippen LogP contribution < -0.4 is 9.64 Å². The first-order valence-electron chi connectivity index (χ1n) is 13.7. The lowest BCUT2D eigenvalue weighted by molar-refractivity contribution is -0.165. The lowest BCUT2D eigenvalue weighted by Gasteiger charge is -2.43. The molecule has 8 heteroatoms. The smallest absolute Gasteiger partial charge is 0.347 e. The van der Waals surface area contributed by atoms with Crippen LogP contribution in [0.3, 0.4) is 0 Å². The summed E-state index contributed by atoms with van der Waals surface area (Å²) < 4.78 is 17.6. The number of carbonyl (C=O) groups is 2. The highest BCUT2D eigenvalue weighted by Gasteiger charge is 2.43. The average molecular weight is 528 g/mol. The van der Waals surface area contributed by atoms with E-state index >= 15 is 0 Å². The second-order valence-corrected chi connectivity index (χ2v) is 11.0. The number of ether oxygens (including phenoxy) is 3. The zero-order chi connectivity index (χ0) is 27.4. The van der Waals surface area contributed by atoms with Crippen molar-refractivity contribution in [2.24, 2.45) is 17.8 Å². The molecule has 1 heterocycles. The number of benzene rings is 1. The number of aliphatic hydroxyl groups excluding tert-OH is 2. The lowest BCUT2D eigenvalue weighted by atomic mass is 9.66. The van der Waals surface area contributed by atoms with Crippen LogP contribution in [0.15, 0.2) is 48.1 Å². The fourth-order valence-corrected chi connectivity index (χ4v) is 5.93. The summed E-state index contributed by atoms with van der Waals surface area (Å²) in [5.41, 5.74) is 1.94. The molecular weight excluding hydrogens is 486 g/mol. The van der Waals surface area contributed by atoms with E-state index < -0.39 is 30.4 Å². The van der Waals surface area contributed by atoms with Gasteiger partial charge in [-0.25, -0.2) is 4.79 Å². The largest absolute Gasteiger partial charge is 0.479 e. The molecule has 3 aliphatic rings. The molecule has 8 nitrogen and oxygen atoms in total. The summed E-state index contributed by atoms with van der Waals surface area (Å²) in [7, 11) is 3.89. The summed E-state index contributed by atoms with van der Waals surface area (Å²) in [6.45, 7) is 4.02. The number of allylic oxidation sites excluding steroid dienone is 2. The third kappa shape index (κ3) is 6.77. The Hall–Kier alpha value is -2.84. The number of hydrogen-bond acceptors (Lipinski definition) is 8. The molecular formula is C30H41NO7. The van der Waals surface area contributed by atoms with Crippen LogP contribution in [0.1, 0.15) is 52.4 Å². The standard InChI is InChI=1S/C30H41NO7/c1-5-26(36-23-8-6-7-20(14-23)31(3)4)30(35)38-27-16-21(32)13-19-10-9-18(2)25(29(19)27)12-11-24-15-22(33)17-28(34)37-24/h6-10,13-14,18,21-22,24-27,29,32-33H,5,11-12,15-17H2,1-4H3/t18?,21?,22-,24-,25?,26+,27?,29?/m1/s1. The third-order valence-electron chi connectivity index (χ3n) is 7.94. The molecule has 8 atom stereocenters. The number of carbonyl (C=O) groups excluding carboxylic acids is 2. The minimum Gasteiger partial charge on any atom is -0.479 e. The van der Waals surface area contributed by atoms with E-state index in [0.717, 1.165) is 17.7 Å². The second-order valence-electron chi connectivity index (χ2n) is 11.0. The van der Waals surface area contributed by atoms with Crippen LogP contribution in [-0.2, 0) is 19.1 Å². The summed E-state index contributed by atoms with van der Waals surface area (Å²) in [6.07, 6.45) is 5.69. The van der Waals surface area contributed by atoms with Gasteiger partial charge in [-0.15, -0.1) is 0 Å². The quantitative estimate of drug-likeness (QED) is 0.468. The van der Waals surface area contributed by atoms with E-state index in [-0.39, 0.29) is 36.2 Å². The van der Waals surface area contributed by atoms with Crippen molar-refractivity contribution in [1.29, 1.82) is 0 Å². The monoisotopic (exact) mass is 527 g/mol. The highest BCUT2D eigenvalue weighted by Crippen LogP contribution is 2.44. The molecule has 2 N–H and O–H groups in total. The van der Waals surface area contributed by atoms with E-state index in [1.54, 1.807) is 0 Å². The predicted octanol–water partition coefficient (Wildman–Crippen LogP) is 3.80. The van der Waals surface area contributed by atoms with Crippen LogP contribution in [0, 0.1) is 17.8 Å². The van der Waals surface area contributed by atoms with Crippen LogP contribution >= 0.6 is 0 Å². The van der Waals surface area contributed by atoms with Crippen LogP contribution in [0.5, 0.6) is 5.75 Å². The predicted molar refractivity (Wildman–Crippen MR) is 144 cm³/mol. The van der Waals surface area contributed by atoms with Gasteiger partial charge in [0.15, 0.2) is 6.10 Å². The molecule has 4 rings (SSSR count). The molecule has 0 saturated carbocycles. The molecule has 1 aromatic rings. The van der Waals surface area contributed by atoms with Crippen molar-refractivity contribution < 1.29 is 34.0 Å². The molecule has 1 fully saturated rings. The molecule has 208 valence electrons. The van der Waals surface area contributed by atoms with Gasteiger partial charge >= 0.3 is 11.9 Å². The second kappa shape index (κ2) is 12.3. The third-order valence-corrected chi connectivity index (χ3v) is 7.94. The van der Waals surface area contributed by atoms with E-state index in [9.17, 15) is 19.8 Å². The number of rotatable bonds is 9. The van der Waals surface area contributed by atoms with Gasteiger partial charge in [0, 0.05) is 44.6 Å². The summed E-state index contributed by atoms with van der Waals surface area (Å²) in [5, 5.41) is 20.6. The van der Waals surface area contributed by atoms with Gasteiger partial charge in [-0.1, -0.05) is 38.1 Å². The lowest BCUT2D eigenvalue weighted by Crippen LogP contribution is -2.44. The van der Waals surface area contributed by atoms with Crippen molar-refractivity contribution in [2.45, 2.75) is 82.9 Å². The Morgan fingerprint density at radius 3 is 2.71 bits per heavy atom. The topological polar surface area (TPSA) is 106 Å². The zero-order valence-corrected chi connectivity index (χ0v) is 22.8. The first kappa shape index (κ1) is 28.2. The van der Waals surface area contributed by atoms with E-state index in [2.05, 4.69) is 13.0 Å². The Labute approximate surface area is 225 Å². The van der Waals surface area contributed by atoms with E-state index in [1.807, 2.05) is 62.3 Å². The van der Waals surface area contributed by atoms with E-state index in [4.69, 9.17) is 14.2 Å². The van der Waals surface area contributed by atoms with E-state index in [0.29, 0.717) is 31.4 Å². The maximum Gasteiger partial charge on any atom is 0.347 e. The Morgan fingerprint density at radius 2 is 2.00 bits per heavy atom. The number of esters is 2. The molecule has 1 saturated heterocycles. The number of hydrogen-bond donors (Lipinski definition) is 2. The number of anilines is 1. The molecule has 0 amide bonds. The van der Waals surface area contributed by atoms with Crippen molar-refractivity contribution in [3.8, 4) is 5.75 Å². The van der Waals surface area contributed by atoms with Gasteiger partial charge in [-0.3, -0.25) is 4.79 Å². The van der Waals surface area contributed by atoms with Crippen LogP contribution in [0.2, 0.25) is 0 Å². The number of aliphatic hydroxyl groups is 2. The van der Waals surface area contributed by atoms with Crippen molar-refractivity contribution in [3.63, 3.8) is 0 Å². The minimum absolute atomic E-state index is 0.0462. The fraction of sp³-hybridized carbons (Fsp3) is 0.600. The molecule has 0 spiro atoms. The highest BCUT2D eigenvalue weighted by atomic mass is 16.6. The van der Waals surface area contributed by atoms with Gasteiger partial charge < -0.3 is 29.3 Å². The maximum atomic E-state index is 13.4. The Balaban J connectivity index is 1.47. The highest BCUT2D eigenvalue weighted by molar-refractivity contribution is 5.75. The minimum atomic E-state index is -0.767. The Morgan fingerprint density at radius 1 is 1.21 bits per heavy atom. The number of fused-ring (bicyclic) bond motifs is 1. The summed E-state index contributed by atoms with van der Waals surface area (Å²) in [5.74, 6) is 0.0605. The summed E-state index contributed by atoms with van der Waals surface area (Å²) in [6, 6.07) is 7.57. The molecule has 0 aromatic heterocycles. The van der Waals surface area contributed by atoms with Gasteiger partial charge in [-0.2, -0.15) is 0 Å². The zero-order valence-electron chi connectivity index (χ0n) is 22.8. The maximum absolute atomic E-state index is 13.4. The molecule has 1 aliphatic heterocycles. The Bertz CT molecular complexity index is 1050. The summed E-state index contributed by atoms with van der Waals surface area (Å²) >= 11 is 0. The SMILES string of the molecule is CC[C@H](Oc1cccc(N(C)C)c1)C(=O)OC1CC(O)C=C2C=CC(C)C(CC[C@@H]3C[C@@H](O)CC(=O)O3)C21. The summed E-state index contributed by atoms with van der Waals surface area (Å²) in [4.78, 5) is 27.1. The molecule has 0 radical (unpaired) electrons. The van der Waals surface area contributed by atoms with Gasteiger partial charge in [0.05, 0.1) is 18.6 Å². The van der Waals surface area contributed by atoms with Crippen LogP contribution in [-0.4, -0.2) is 66.8 Å². The van der Waals surface area contributed by atoms with Crippen molar-refractivity contribution in [1.82, 2.24) is 0 Å². The van der Waals surface area contributed by atoms with E-state index in [1.165, 1.54) is 0 Å². The van der Waals surface area contributed by atoms with Crippen LogP contribution in [0.4, 0.5) is 5.69 Å². The average Bonchev–Trinajstić information content (AvgIpc) is 2.86. The van der Waals surface area contributed by atoms with Gasteiger partial charge in [0.2, 0.25) is 0 Å². The van der Waals surface area contributed by atoms with Crippen LogP contribution in [0.25, 0.3) is 0 Å². The number of cyclic esters (lactones) is 1. The van der Waals surface area contributed by atoms with Gasteiger partial charge in [0.1, 0.15) is 18.0 Å². The first-order valence-corrected chi connectivity index (χ1v) is 13.7. The molecule has 5 unspecified atom stereocenters. The van der Waals surface area contributed by atoms with Gasteiger partial charge in [-0.05, 0) is 48.8 Å². The first-order chi connectivity index (χ1) is 18.1. The van der Waals surface area contributed by atoms with Gasteiger partial charge in [0.25, 0.3) is 0 Å². The van der Waals surface area contributed by atoms with Crippen molar-refractivity contribution >= 4 is 17.6 Å². The van der Waals surface area contributed by atoms with Crippen molar-refractivity contribution in [2.75, 3.05) is 19.0 Å². The molecule has 38 heavy (non-hydrogen) atoms. The molecule has 0 bridgehead atoms. The molecule has 1 aromatic carbocycles. The van der Waals surface area contributed by atoms with Crippen molar-refractivity contribution in [3.05, 3.63) is 48.1 Å². The Kier molecular flexibility index (Phi) is 9.15. The normalized spacial score (nSPS) is 31.5. The number of nitrogens with zero attached hydrogens (tertiary/aromatic N) is 1.